The van der Waals surface area contributed by atoms with Crippen LogP contribution in [0.25, 0.3) is 0 Å². The van der Waals surface area contributed by atoms with E-state index in [2.05, 4.69) is 5.32 Å². The molecule has 1 rings (SSSR count). The molecule has 0 heterocycles. The van der Waals surface area contributed by atoms with Crippen molar-refractivity contribution in [3.05, 3.63) is 65.0 Å². The summed E-state index contributed by atoms with van der Waals surface area (Å²) in [6.07, 6.45) is 5.15. The maximum atomic E-state index is 12.1. The zero-order valence-corrected chi connectivity index (χ0v) is 20.2. The number of ether oxygens (including phenoxy) is 1. The molecule has 166 valence electrons. The monoisotopic (exact) mass is 413 g/mol. The van der Waals surface area contributed by atoms with Crippen LogP contribution in [0.2, 0.25) is 0 Å². The van der Waals surface area contributed by atoms with E-state index >= 15 is 0 Å². The number of hydrogen-bond donors (Lipinski definition) is 1. The van der Waals surface area contributed by atoms with Crippen LogP contribution in [-0.4, -0.2) is 38.1 Å². The molecule has 1 aromatic rings. The van der Waals surface area contributed by atoms with E-state index in [0.717, 1.165) is 23.5 Å². The Bertz CT molecular complexity index is 750. The molecule has 0 atom stereocenters. The number of likely N-dealkylation sites (N-methyl/N-ethyl adjacent to an activating group) is 1. The lowest BCUT2D eigenvalue weighted by molar-refractivity contribution is -0.111. The Morgan fingerprint density at radius 1 is 1.13 bits per heavy atom. The van der Waals surface area contributed by atoms with Gasteiger partial charge in [-0.3, -0.25) is 4.79 Å². The minimum atomic E-state index is -0.260. The average molecular weight is 414 g/mol. The number of allylic oxidation sites excluding steroid dienone is 4. The van der Waals surface area contributed by atoms with Crippen LogP contribution in [0.4, 0.5) is 5.69 Å². The Balaban J connectivity index is 0. The van der Waals surface area contributed by atoms with Crippen molar-refractivity contribution in [3.8, 4) is 6.07 Å². The predicted molar refractivity (Wildman–Crippen MR) is 128 cm³/mol. The van der Waals surface area contributed by atoms with Crippen LogP contribution >= 0.6 is 0 Å². The number of anilines is 1. The standard InChI is InChI=1S/C21H27N3O2.2C2H6/c1-16(2)13-20(26-12-11-24(4)5)17(3)9-10-21(25)23-19-8-6-7-18(14-19)15-22;2*1-2/h6-10,13-14H,11-12H2,1-5H3,(H,23,25);2*1-2H3/b10-9+,20-17-;;. The Kier molecular flexibility index (Phi) is 17.8. The zero-order chi connectivity index (χ0) is 23.5. The molecule has 0 saturated carbocycles. The van der Waals surface area contributed by atoms with E-state index in [-0.39, 0.29) is 5.91 Å². The average Bonchev–Trinajstić information content (AvgIpc) is 2.73. The maximum Gasteiger partial charge on any atom is 0.248 e. The largest absolute Gasteiger partial charge is 0.492 e. The Hall–Kier alpha value is -2.84. The van der Waals surface area contributed by atoms with Gasteiger partial charge in [0.25, 0.3) is 0 Å². The number of nitriles is 1. The van der Waals surface area contributed by atoms with Crippen molar-refractivity contribution in [1.82, 2.24) is 4.90 Å². The number of carbonyl (C=O) groups excluding carboxylic acids is 1. The van der Waals surface area contributed by atoms with E-state index in [9.17, 15) is 4.79 Å². The molecule has 5 nitrogen and oxygen atoms in total. The smallest absolute Gasteiger partial charge is 0.248 e. The van der Waals surface area contributed by atoms with Crippen LogP contribution in [0.3, 0.4) is 0 Å². The number of hydrogen-bond acceptors (Lipinski definition) is 4. The lowest BCUT2D eigenvalue weighted by atomic mass is 10.2. The lowest BCUT2D eigenvalue weighted by Gasteiger charge is -2.13. The van der Waals surface area contributed by atoms with Gasteiger partial charge in [-0.25, -0.2) is 0 Å². The topological polar surface area (TPSA) is 65.4 Å². The normalized spacial score (nSPS) is 10.6. The summed E-state index contributed by atoms with van der Waals surface area (Å²) in [4.78, 5) is 14.1. The first-order valence-electron chi connectivity index (χ1n) is 10.4. The molecular formula is C25H39N3O2. The fraction of sp³-hybridized carbons (Fsp3) is 0.440. The van der Waals surface area contributed by atoms with Gasteiger partial charge in [-0.1, -0.05) is 45.4 Å². The number of carbonyl (C=O) groups is 1. The van der Waals surface area contributed by atoms with E-state index in [1.54, 1.807) is 30.3 Å². The van der Waals surface area contributed by atoms with E-state index in [1.165, 1.54) is 6.08 Å². The summed E-state index contributed by atoms with van der Waals surface area (Å²) in [6, 6.07) is 8.85. The van der Waals surface area contributed by atoms with Crippen LogP contribution < -0.4 is 5.32 Å². The number of nitrogens with one attached hydrogen (secondary N) is 1. The summed E-state index contributed by atoms with van der Waals surface area (Å²) >= 11 is 0. The van der Waals surface area contributed by atoms with Gasteiger partial charge in [0.1, 0.15) is 12.4 Å². The third kappa shape index (κ3) is 14.2. The highest BCUT2D eigenvalue weighted by molar-refractivity contribution is 5.99. The SMILES string of the molecule is CC.CC.CC(C)=C/C(OCCN(C)C)=C(C)/C=C/C(=O)Nc1cccc(C#N)c1. The Labute approximate surface area is 183 Å². The fourth-order valence-electron chi connectivity index (χ4n) is 2.00. The first-order valence-corrected chi connectivity index (χ1v) is 10.4. The van der Waals surface area contributed by atoms with E-state index in [1.807, 2.05) is 79.6 Å². The highest BCUT2D eigenvalue weighted by Crippen LogP contribution is 2.13. The number of benzene rings is 1. The van der Waals surface area contributed by atoms with Gasteiger partial charge < -0.3 is 15.0 Å². The molecule has 5 heteroatoms. The third-order valence-electron chi connectivity index (χ3n) is 3.35. The van der Waals surface area contributed by atoms with Gasteiger partial charge in [0.2, 0.25) is 5.91 Å². The molecule has 0 aromatic heterocycles. The molecule has 0 unspecified atom stereocenters. The summed E-state index contributed by atoms with van der Waals surface area (Å²) < 4.78 is 5.85. The second-order valence-electron chi connectivity index (χ2n) is 6.44. The molecule has 1 amide bonds. The van der Waals surface area contributed by atoms with Crippen LogP contribution in [-0.2, 0) is 9.53 Å². The first-order chi connectivity index (χ1) is 14.3. The summed E-state index contributed by atoms with van der Waals surface area (Å²) in [5.41, 5.74) is 3.08. The van der Waals surface area contributed by atoms with Crippen LogP contribution in [0.5, 0.6) is 0 Å². The summed E-state index contributed by atoms with van der Waals surface area (Å²) in [5.74, 6) is 0.492. The zero-order valence-electron chi connectivity index (χ0n) is 20.2. The third-order valence-corrected chi connectivity index (χ3v) is 3.35. The van der Waals surface area contributed by atoms with Gasteiger partial charge in [0.05, 0.1) is 11.6 Å². The molecule has 0 saturated heterocycles. The molecule has 0 bridgehead atoms. The van der Waals surface area contributed by atoms with Crippen molar-refractivity contribution in [2.24, 2.45) is 0 Å². The molecule has 1 aromatic carbocycles. The summed E-state index contributed by atoms with van der Waals surface area (Å²) in [7, 11) is 3.98. The van der Waals surface area contributed by atoms with Gasteiger partial charge in [-0.15, -0.1) is 0 Å². The minimum Gasteiger partial charge on any atom is -0.492 e. The van der Waals surface area contributed by atoms with Crippen LogP contribution in [0.1, 0.15) is 54.0 Å². The molecular weight excluding hydrogens is 374 g/mol. The number of amides is 1. The van der Waals surface area contributed by atoms with E-state index in [4.69, 9.17) is 10.00 Å². The van der Waals surface area contributed by atoms with Crippen molar-refractivity contribution in [2.75, 3.05) is 32.6 Å². The van der Waals surface area contributed by atoms with Gasteiger partial charge in [0, 0.05) is 18.3 Å². The molecule has 30 heavy (non-hydrogen) atoms. The quantitative estimate of drug-likeness (QED) is 0.326. The van der Waals surface area contributed by atoms with Crippen molar-refractivity contribution in [1.29, 1.82) is 5.26 Å². The number of nitrogens with zero attached hydrogens (tertiary/aromatic N) is 2. The van der Waals surface area contributed by atoms with Crippen molar-refractivity contribution in [2.45, 2.75) is 48.5 Å². The number of rotatable bonds is 8. The maximum absolute atomic E-state index is 12.1. The minimum absolute atomic E-state index is 0.260. The first kappa shape index (κ1) is 29.4. The van der Waals surface area contributed by atoms with Gasteiger partial charge >= 0.3 is 0 Å². The predicted octanol–water partition coefficient (Wildman–Crippen LogP) is 5.92. The second-order valence-corrected chi connectivity index (χ2v) is 6.44. The Morgan fingerprint density at radius 2 is 1.77 bits per heavy atom. The van der Waals surface area contributed by atoms with E-state index < -0.39 is 0 Å². The van der Waals surface area contributed by atoms with Crippen molar-refractivity contribution in [3.63, 3.8) is 0 Å². The highest BCUT2D eigenvalue weighted by Gasteiger charge is 2.03. The fourth-order valence-corrected chi connectivity index (χ4v) is 2.00. The van der Waals surface area contributed by atoms with Crippen LogP contribution in [0, 0.1) is 11.3 Å². The lowest BCUT2D eigenvalue weighted by Crippen LogP contribution is -2.18. The molecule has 0 aliphatic carbocycles. The summed E-state index contributed by atoms with van der Waals surface area (Å²) in [5, 5.41) is 11.7. The van der Waals surface area contributed by atoms with Gasteiger partial charge in [-0.2, -0.15) is 5.26 Å². The molecule has 1 N–H and O–H groups in total. The highest BCUT2D eigenvalue weighted by atomic mass is 16.5. The van der Waals surface area contributed by atoms with Gasteiger partial charge in [-0.05, 0) is 64.7 Å². The summed E-state index contributed by atoms with van der Waals surface area (Å²) in [6.45, 7) is 15.3. The molecule has 0 aliphatic heterocycles. The van der Waals surface area contributed by atoms with Crippen molar-refractivity contribution < 1.29 is 9.53 Å². The molecule has 0 aliphatic rings. The van der Waals surface area contributed by atoms with Crippen LogP contribution in [0.15, 0.2) is 59.4 Å². The van der Waals surface area contributed by atoms with Gasteiger partial charge in [0.15, 0.2) is 0 Å². The second kappa shape index (κ2) is 18.2. The molecule has 0 fully saturated rings. The molecule has 0 spiro atoms. The molecule has 0 radical (unpaired) electrons. The van der Waals surface area contributed by atoms with Crippen molar-refractivity contribution >= 4 is 11.6 Å². The van der Waals surface area contributed by atoms with E-state index in [0.29, 0.717) is 17.9 Å². The Morgan fingerprint density at radius 3 is 2.30 bits per heavy atom.